The van der Waals surface area contributed by atoms with Gasteiger partial charge in [0.15, 0.2) is 5.82 Å². The van der Waals surface area contributed by atoms with E-state index in [0.717, 1.165) is 22.6 Å². The van der Waals surface area contributed by atoms with Gasteiger partial charge in [0.2, 0.25) is 11.9 Å². The van der Waals surface area contributed by atoms with E-state index < -0.39 is 6.04 Å². The summed E-state index contributed by atoms with van der Waals surface area (Å²) in [5.41, 5.74) is 9.25. The van der Waals surface area contributed by atoms with E-state index in [-0.39, 0.29) is 11.9 Å². The summed E-state index contributed by atoms with van der Waals surface area (Å²) >= 11 is 0. The van der Waals surface area contributed by atoms with Crippen molar-refractivity contribution in [2.24, 2.45) is 0 Å². The third kappa shape index (κ3) is 3.95. The molecule has 0 saturated carbocycles. The van der Waals surface area contributed by atoms with Crippen molar-refractivity contribution in [2.45, 2.75) is 39.8 Å². The third-order valence-electron chi connectivity index (χ3n) is 5.22. The van der Waals surface area contributed by atoms with Crippen LogP contribution in [0.4, 0.5) is 17.5 Å². The number of hydrogen-bond donors (Lipinski definition) is 1. The fourth-order valence-electron chi connectivity index (χ4n) is 3.64. The van der Waals surface area contributed by atoms with E-state index in [4.69, 9.17) is 15.2 Å². The van der Waals surface area contributed by atoms with E-state index >= 15 is 0 Å². The Balaban J connectivity index is 2.00. The van der Waals surface area contributed by atoms with Crippen LogP contribution in [-0.2, 0) is 16.1 Å². The number of nitrogen functional groups attached to an aromatic ring is 1. The van der Waals surface area contributed by atoms with Gasteiger partial charge in [-0.2, -0.15) is 4.98 Å². The summed E-state index contributed by atoms with van der Waals surface area (Å²) in [4.78, 5) is 29.9. The topological polar surface area (TPSA) is 107 Å². The molecule has 1 atom stereocenters. The minimum Gasteiger partial charge on any atom is -0.496 e. The Morgan fingerprint density at radius 3 is 2.66 bits per heavy atom. The first-order valence-corrected chi connectivity index (χ1v) is 9.57. The molecular formula is C20H28N6O3. The van der Waals surface area contributed by atoms with Crippen molar-refractivity contribution in [1.82, 2.24) is 15.0 Å². The van der Waals surface area contributed by atoms with Gasteiger partial charge in [0.1, 0.15) is 17.5 Å². The molecule has 0 aromatic carbocycles. The average molecular weight is 400 g/mol. The highest BCUT2D eigenvalue weighted by Gasteiger charge is 2.37. The number of rotatable bonds is 7. The minimum absolute atomic E-state index is 0.0151. The van der Waals surface area contributed by atoms with Crippen LogP contribution in [0.15, 0.2) is 12.4 Å². The van der Waals surface area contributed by atoms with E-state index in [1.807, 2.05) is 25.7 Å². The maximum Gasteiger partial charge on any atom is 0.249 e. The summed E-state index contributed by atoms with van der Waals surface area (Å²) in [5.74, 6) is 1.58. The number of ether oxygens (including phenoxy) is 2. The second kappa shape index (κ2) is 8.60. The average Bonchev–Trinajstić information content (AvgIpc) is 2.70. The van der Waals surface area contributed by atoms with Crippen molar-refractivity contribution < 1.29 is 14.3 Å². The van der Waals surface area contributed by atoms with Crippen molar-refractivity contribution in [3.63, 3.8) is 0 Å². The number of nitrogens with two attached hydrogens (primary N) is 1. The Morgan fingerprint density at radius 1 is 1.21 bits per heavy atom. The Kier molecular flexibility index (Phi) is 6.17. The number of carbonyl (C=O) groups is 1. The standard InChI is InChI=1S/C20H28N6O3/c1-12-9-22-15(13(2)17(12)29-5)11-26-14(3)19(27)25(7-6-8-28-4)16-10-23-20(21)24-18(16)26/h9-10,14H,6-8,11H2,1-5H3,(H2,21,23,24)/t14-/m1/s1. The van der Waals surface area contributed by atoms with Crippen LogP contribution in [0.25, 0.3) is 0 Å². The Hall–Kier alpha value is -2.94. The normalized spacial score (nSPS) is 16.2. The summed E-state index contributed by atoms with van der Waals surface area (Å²) in [7, 11) is 3.29. The van der Waals surface area contributed by atoms with Crippen LogP contribution >= 0.6 is 0 Å². The first-order valence-electron chi connectivity index (χ1n) is 9.57. The van der Waals surface area contributed by atoms with E-state index in [2.05, 4.69) is 15.0 Å². The molecule has 0 bridgehead atoms. The second-order valence-corrected chi connectivity index (χ2v) is 7.12. The van der Waals surface area contributed by atoms with Gasteiger partial charge in [-0.05, 0) is 27.2 Å². The molecular weight excluding hydrogens is 372 g/mol. The molecule has 0 radical (unpaired) electrons. The monoisotopic (exact) mass is 400 g/mol. The molecule has 156 valence electrons. The van der Waals surface area contributed by atoms with Gasteiger partial charge in [0.25, 0.3) is 0 Å². The number of hydrogen-bond acceptors (Lipinski definition) is 8. The van der Waals surface area contributed by atoms with Crippen LogP contribution in [0.2, 0.25) is 0 Å². The van der Waals surface area contributed by atoms with E-state index in [9.17, 15) is 4.79 Å². The summed E-state index contributed by atoms with van der Waals surface area (Å²) in [5, 5.41) is 0. The minimum atomic E-state index is -0.423. The van der Waals surface area contributed by atoms with Crippen molar-refractivity contribution in [1.29, 1.82) is 0 Å². The fraction of sp³-hybridized carbons (Fsp3) is 0.500. The molecule has 3 heterocycles. The van der Waals surface area contributed by atoms with Gasteiger partial charge in [0.05, 0.1) is 25.5 Å². The summed E-state index contributed by atoms with van der Waals surface area (Å²) in [6.07, 6.45) is 4.11. The number of anilines is 3. The quantitative estimate of drug-likeness (QED) is 0.702. The first kappa shape index (κ1) is 20.8. The van der Waals surface area contributed by atoms with Crippen molar-refractivity contribution >= 4 is 23.4 Å². The highest BCUT2D eigenvalue weighted by molar-refractivity contribution is 6.04. The summed E-state index contributed by atoms with van der Waals surface area (Å²) in [6, 6.07) is -0.423. The van der Waals surface area contributed by atoms with E-state index in [1.54, 1.807) is 31.5 Å². The van der Waals surface area contributed by atoms with Crippen molar-refractivity contribution in [3.8, 4) is 5.75 Å². The lowest BCUT2D eigenvalue weighted by Crippen LogP contribution is -2.52. The zero-order valence-electron chi connectivity index (χ0n) is 17.6. The molecule has 2 aromatic heterocycles. The lowest BCUT2D eigenvalue weighted by Gasteiger charge is -2.40. The molecule has 1 aliphatic heterocycles. The fourth-order valence-corrected chi connectivity index (χ4v) is 3.64. The van der Waals surface area contributed by atoms with Crippen LogP contribution in [0, 0.1) is 13.8 Å². The largest absolute Gasteiger partial charge is 0.496 e. The van der Waals surface area contributed by atoms with E-state index in [1.165, 1.54) is 0 Å². The number of nitrogens with zero attached hydrogens (tertiary/aromatic N) is 5. The molecule has 29 heavy (non-hydrogen) atoms. The highest BCUT2D eigenvalue weighted by Crippen LogP contribution is 2.36. The Morgan fingerprint density at radius 2 is 1.97 bits per heavy atom. The zero-order chi connectivity index (χ0) is 21.1. The molecule has 9 heteroatoms. The zero-order valence-corrected chi connectivity index (χ0v) is 17.6. The van der Waals surface area contributed by atoms with Crippen molar-refractivity contribution in [2.75, 3.05) is 42.9 Å². The Labute approximate surface area is 170 Å². The van der Waals surface area contributed by atoms with Crippen LogP contribution in [0.3, 0.4) is 0 Å². The second-order valence-electron chi connectivity index (χ2n) is 7.12. The van der Waals surface area contributed by atoms with Crippen LogP contribution in [-0.4, -0.2) is 54.3 Å². The van der Waals surface area contributed by atoms with Gasteiger partial charge >= 0.3 is 0 Å². The van der Waals surface area contributed by atoms with Gasteiger partial charge in [-0.3, -0.25) is 9.78 Å². The van der Waals surface area contributed by atoms with E-state index in [0.29, 0.717) is 37.6 Å². The molecule has 0 saturated heterocycles. The first-order chi connectivity index (χ1) is 13.9. The third-order valence-corrected chi connectivity index (χ3v) is 5.22. The number of amides is 1. The van der Waals surface area contributed by atoms with Gasteiger partial charge in [-0.1, -0.05) is 0 Å². The predicted octanol–water partition coefficient (Wildman–Crippen LogP) is 1.86. The number of aromatic nitrogens is 3. The molecule has 0 aliphatic carbocycles. The van der Waals surface area contributed by atoms with Gasteiger partial charge in [-0.15, -0.1) is 0 Å². The number of pyridine rings is 1. The maximum atomic E-state index is 13.1. The molecule has 0 spiro atoms. The molecule has 2 N–H and O–H groups in total. The molecule has 3 rings (SSSR count). The van der Waals surface area contributed by atoms with Crippen molar-refractivity contribution in [3.05, 3.63) is 29.2 Å². The highest BCUT2D eigenvalue weighted by atomic mass is 16.5. The van der Waals surface area contributed by atoms with Crippen LogP contribution in [0.5, 0.6) is 5.75 Å². The van der Waals surface area contributed by atoms with Crippen LogP contribution in [0.1, 0.15) is 30.2 Å². The molecule has 1 amide bonds. The lowest BCUT2D eigenvalue weighted by molar-refractivity contribution is -0.120. The number of fused-ring (bicyclic) bond motifs is 1. The molecule has 9 nitrogen and oxygen atoms in total. The van der Waals surface area contributed by atoms with Gasteiger partial charge in [0, 0.05) is 37.6 Å². The van der Waals surface area contributed by atoms with Crippen LogP contribution < -0.4 is 20.3 Å². The summed E-state index contributed by atoms with van der Waals surface area (Å²) < 4.78 is 10.6. The maximum absolute atomic E-state index is 13.1. The molecule has 0 unspecified atom stereocenters. The number of aryl methyl sites for hydroxylation is 1. The number of methoxy groups -OCH3 is 2. The predicted molar refractivity (Wildman–Crippen MR) is 111 cm³/mol. The van der Waals surface area contributed by atoms with Gasteiger partial charge in [-0.25, -0.2) is 4.98 Å². The number of carbonyl (C=O) groups excluding carboxylic acids is 1. The SMILES string of the molecule is COCCCN1C(=O)[C@@H](C)N(Cc2ncc(C)c(OC)c2C)c2nc(N)ncc21. The lowest BCUT2D eigenvalue weighted by atomic mass is 10.1. The summed E-state index contributed by atoms with van der Waals surface area (Å²) in [6.45, 7) is 7.30. The molecule has 0 fully saturated rings. The molecule has 2 aromatic rings. The Bertz CT molecular complexity index is 904. The molecule has 1 aliphatic rings. The smallest absolute Gasteiger partial charge is 0.249 e. The van der Waals surface area contributed by atoms with Gasteiger partial charge < -0.3 is 25.0 Å².